The summed E-state index contributed by atoms with van der Waals surface area (Å²) in [7, 11) is 0. The number of aromatic nitrogens is 2. The van der Waals surface area contributed by atoms with Gasteiger partial charge in [0.25, 0.3) is 0 Å². The van der Waals surface area contributed by atoms with Gasteiger partial charge in [-0.1, -0.05) is 12.1 Å². The lowest BCUT2D eigenvalue weighted by molar-refractivity contribution is 0.630. The molecule has 0 radical (unpaired) electrons. The summed E-state index contributed by atoms with van der Waals surface area (Å²) >= 11 is 0. The van der Waals surface area contributed by atoms with Crippen LogP contribution in [0.5, 0.6) is 0 Å². The molecule has 0 aliphatic carbocycles. The minimum absolute atomic E-state index is 0.314. The predicted octanol–water partition coefficient (Wildman–Crippen LogP) is 2.71. The standard InChI is InChI=1S/C14H17FN4/c1-3-19(4-2)14-17-12(9-13(16)18-14)10-7-5-6-8-11(10)15/h5-9H,3-4H2,1-2H3,(H2,16,17,18). The molecule has 4 nitrogen and oxygen atoms in total. The second kappa shape index (κ2) is 5.65. The molecular formula is C14H17FN4. The summed E-state index contributed by atoms with van der Waals surface area (Å²) in [5.74, 6) is 0.560. The van der Waals surface area contributed by atoms with Crippen molar-refractivity contribution in [3.63, 3.8) is 0 Å². The number of hydrogen-bond acceptors (Lipinski definition) is 4. The van der Waals surface area contributed by atoms with Gasteiger partial charge in [0, 0.05) is 24.7 Å². The molecular weight excluding hydrogens is 243 g/mol. The van der Waals surface area contributed by atoms with Gasteiger partial charge in [0.2, 0.25) is 5.95 Å². The molecule has 0 bridgehead atoms. The van der Waals surface area contributed by atoms with Crippen LogP contribution in [0.3, 0.4) is 0 Å². The van der Waals surface area contributed by atoms with Gasteiger partial charge in [0.1, 0.15) is 11.6 Å². The van der Waals surface area contributed by atoms with Crippen LogP contribution in [0, 0.1) is 5.82 Å². The van der Waals surface area contributed by atoms with E-state index in [1.54, 1.807) is 24.3 Å². The molecule has 5 heteroatoms. The van der Waals surface area contributed by atoms with Crippen LogP contribution in [0.1, 0.15) is 13.8 Å². The third-order valence-electron chi connectivity index (χ3n) is 2.93. The predicted molar refractivity (Wildman–Crippen MR) is 75.4 cm³/mol. The molecule has 0 spiro atoms. The van der Waals surface area contributed by atoms with E-state index in [0.717, 1.165) is 13.1 Å². The van der Waals surface area contributed by atoms with Crippen molar-refractivity contribution in [1.82, 2.24) is 9.97 Å². The molecule has 0 saturated heterocycles. The number of anilines is 2. The van der Waals surface area contributed by atoms with Crippen molar-refractivity contribution in [3.05, 3.63) is 36.1 Å². The van der Waals surface area contributed by atoms with Crippen molar-refractivity contribution < 1.29 is 4.39 Å². The lowest BCUT2D eigenvalue weighted by Crippen LogP contribution is -2.24. The minimum atomic E-state index is -0.314. The number of hydrogen-bond donors (Lipinski definition) is 1. The van der Waals surface area contributed by atoms with Gasteiger partial charge in [0.15, 0.2) is 0 Å². The van der Waals surface area contributed by atoms with Crippen LogP contribution in [0.2, 0.25) is 0 Å². The SMILES string of the molecule is CCN(CC)c1nc(N)cc(-c2ccccc2F)n1. The topological polar surface area (TPSA) is 55.0 Å². The molecule has 0 fully saturated rings. The second-order valence-electron chi connectivity index (χ2n) is 4.13. The Morgan fingerprint density at radius 2 is 1.84 bits per heavy atom. The second-order valence-corrected chi connectivity index (χ2v) is 4.13. The summed E-state index contributed by atoms with van der Waals surface area (Å²) in [5.41, 5.74) is 6.74. The van der Waals surface area contributed by atoms with Crippen molar-refractivity contribution in [1.29, 1.82) is 0 Å². The largest absolute Gasteiger partial charge is 0.384 e. The van der Waals surface area contributed by atoms with E-state index >= 15 is 0 Å². The zero-order chi connectivity index (χ0) is 13.8. The van der Waals surface area contributed by atoms with Crippen LogP contribution in [0.25, 0.3) is 11.3 Å². The zero-order valence-corrected chi connectivity index (χ0v) is 11.1. The fourth-order valence-corrected chi connectivity index (χ4v) is 1.91. The van der Waals surface area contributed by atoms with Gasteiger partial charge < -0.3 is 10.6 Å². The Bertz CT molecular complexity index is 567. The van der Waals surface area contributed by atoms with Gasteiger partial charge in [-0.05, 0) is 26.0 Å². The van der Waals surface area contributed by atoms with Gasteiger partial charge in [-0.3, -0.25) is 0 Å². The van der Waals surface area contributed by atoms with Crippen molar-refractivity contribution in [3.8, 4) is 11.3 Å². The molecule has 2 rings (SSSR count). The van der Waals surface area contributed by atoms with Crippen LogP contribution < -0.4 is 10.6 Å². The Morgan fingerprint density at radius 3 is 2.47 bits per heavy atom. The summed E-state index contributed by atoms with van der Waals surface area (Å²) < 4.78 is 13.8. The van der Waals surface area contributed by atoms with E-state index in [2.05, 4.69) is 9.97 Å². The monoisotopic (exact) mass is 260 g/mol. The van der Waals surface area contributed by atoms with E-state index in [1.807, 2.05) is 18.7 Å². The van der Waals surface area contributed by atoms with Gasteiger partial charge in [-0.2, -0.15) is 4.98 Å². The Kier molecular flexibility index (Phi) is 3.94. The van der Waals surface area contributed by atoms with Gasteiger partial charge in [-0.25, -0.2) is 9.37 Å². The van der Waals surface area contributed by atoms with E-state index in [9.17, 15) is 4.39 Å². The summed E-state index contributed by atoms with van der Waals surface area (Å²) in [6.45, 7) is 5.57. The third kappa shape index (κ3) is 2.81. The van der Waals surface area contributed by atoms with Crippen molar-refractivity contribution >= 4 is 11.8 Å². The first-order chi connectivity index (χ1) is 9.15. The van der Waals surface area contributed by atoms with Crippen LogP contribution in [-0.2, 0) is 0 Å². The van der Waals surface area contributed by atoms with Crippen LogP contribution in [0.4, 0.5) is 16.2 Å². The first kappa shape index (κ1) is 13.3. The summed E-state index contributed by atoms with van der Waals surface area (Å²) in [6, 6.07) is 8.10. The summed E-state index contributed by atoms with van der Waals surface area (Å²) in [6.07, 6.45) is 0. The van der Waals surface area contributed by atoms with Crippen LogP contribution >= 0.6 is 0 Å². The third-order valence-corrected chi connectivity index (χ3v) is 2.93. The molecule has 0 saturated carbocycles. The maximum Gasteiger partial charge on any atom is 0.227 e. The Morgan fingerprint density at radius 1 is 1.16 bits per heavy atom. The quantitative estimate of drug-likeness (QED) is 0.918. The number of rotatable bonds is 4. The van der Waals surface area contributed by atoms with E-state index in [-0.39, 0.29) is 5.82 Å². The van der Waals surface area contributed by atoms with Gasteiger partial charge in [0.05, 0.1) is 5.69 Å². The molecule has 2 N–H and O–H groups in total. The minimum Gasteiger partial charge on any atom is -0.384 e. The van der Waals surface area contributed by atoms with E-state index in [1.165, 1.54) is 6.07 Å². The summed E-state index contributed by atoms with van der Waals surface area (Å²) in [5, 5.41) is 0. The molecule has 100 valence electrons. The number of nitrogen functional groups attached to an aromatic ring is 1. The Labute approximate surface area is 112 Å². The highest BCUT2D eigenvalue weighted by Crippen LogP contribution is 2.24. The highest BCUT2D eigenvalue weighted by atomic mass is 19.1. The van der Waals surface area contributed by atoms with Crippen LogP contribution in [0.15, 0.2) is 30.3 Å². The fraction of sp³-hybridized carbons (Fsp3) is 0.286. The molecule has 1 heterocycles. The number of nitrogens with two attached hydrogens (primary N) is 1. The normalized spacial score (nSPS) is 10.5. The number of halogens is 1. The van der Waals surface area contributed by atoms with Crippen molar-refractivity contribution in [2.24, 2.45) is 0 Å². The Balaban J connectivity index is 2.51. The number of benzene rings is 1. The van der Waals surface area contributed by atoms with E-state index in [4.69, 9.17) is 5.73 Å². The molecule has 0 amide bonds. The van der Waals surface area contributed by atoms with E-state index < -0.39 is 0 Å². The van der Waals surface area contributed by atoms with Crippen molar-refractivity contribution in [2.45, 2.75) is 13.8 Å². The molecule has 0 unspecified atom stereocenters. The highest BCUT2D eigenvalue weighted by Gasteiger charge is 2.12. The van der Waals surface area contributed by atoms with Crippen molar-refractivity contribution in [2.75, 3.05) is 23.7 Å². The smallest absolute Gasteiger partial charge is 0.227 e. The zero-order valence-electron chi connectivity index (χ0n) is 11.1. The molecule has 0 aliphatic heterocycles. The first-order valence-corrected chi connectivity index (χ1v) is 6.30. The fourth-order valence-electron chi connectivity index (χ4n) is 1.91. The molecule has 0 aliphatic rings. The van der Waals surface area contributed by atoms with Gasteiger partial charge >= 0.3 is 0 Å². The van der Waals surface area contributed by atoms with E-state index in [0.29, 0.717) is 23.0 Å². The highest BCUT2D eigenvalue weighted by molar-refractivity contribution is 5.64. The molecule has 1 aromatic heterocycles. The maximum atomic E-state index is 13.8. The molecule has 1 aromatic carbocycles. The Hall–Kier alpha value is -2.17. The first-order valence-electron chi connectivity index (χ1n) is 6.30. The lowest BCUT2D eigenvalue weighted by atomic mass is 10.1. The average Bonchev–Trinajstić information content (AvgIpc) is 2.40. The molecule has 2 aromatic rings. The average molecular weight is 260 g/mol. The lowest BCUT2D eigenvalue weighted by Gasteiger charge is -2.19. The number of nitrogens with zero attached hydrogens (tertiary/aromatic N) is 3. The summed E-state index contributed by atoms with van der Waals surface area (Å²) in [4.78, 5) is 10.6. The van der Waals surface area contributed by atoms with Gasteiger partial charge in [-0.15, -0.1) is 0 Å². The maximum absolute atomic E-state index is 13.8. The van der Waals surface area contributed by atoms with Crippen LogP contribution in [-0.4, -0.2) is 23.1 Å². The molecule has 19 heavy (non-hydrogen) atoms. The molecule has 0 atom stereocenters.